The molecule has 32 heavy (non-hydrogen) atoms. The maximum Gasteiger partial charge on any atom is 0.255 e. The number of hydrogen-bond donors (Lipinski definition) is 1. The number of nitrogens with zero attached hydrogens (tertiary/aromatic N) is 2. The number of fused-ring (bicyclic) bond motifs is 1. The predicted molar refractivity (Wildman–Crippen MR) is 119 cm³/mol. The Morgan fingerprint density at radius 1 is 1.25 bits per heavy atom. The molecule has 8 heteroatoms. The van der Waals surface area contributed by atoms with Gasteiger partial charge in [0.15, 0.2) is 0 Å². The molecule has 0 aromatic heterocycles. The van der Waals surface area contributed by atoms with Gasteiger partial charge in [-0.3, -0.25) is 14.4 Å². The average molecular weight is 444 g/mol. The SMILES string of the molecule is COc1ccc2c(c1)C(=O)NCC1(CCC(=O)N(CC(=O)N3CCCC(C)C3C)CC1)O2. The summed E-state index contributed by atoms with van der Waals surface area (Å²) in [6.07, 6.45) is 3.45. The highest BCUT2D eigenvalue weighted by Crippen LogP contribution is 2.35. The Hall–Kier alpha value is -2.77. The standard InChI is InChI=1S/C24H33N3O5/c1-16-5-4-11-27(17(16)2)22(29)14-26-12-10-24(9-8-21(26)28)15-25-23(30)19-13-18(31-3)6-7-20(19)32-24/h6-7,13,16-17H,4-5,8-12,14-15H2,1-3H3,(H,25,30). The summed E-state index contributed by atoms with van der Waals surface area (Å²) in [6.45, 7) is 5.87. The van der Waals surface area contributed by atoms with E-state index in [0.717, 1.165) is 19.4 Å². The highest BCUT2D eigenvalue weighted by atomic mass is 16.5. The van der Waals surface area contributed by atoms with Gasteiger partial charge in [-0.05, 0) is 50.3 Å². The lowest BCUT2D eigenvalue weighted by Crippen LogP contribution is -2.50. The molecule has 3 aliphatic rings. The second-order valence-electron chi connectivity index (χ2n) is 9.34. The number of piperidine rings is 1. The smallest absolute Gasteiger partial charge is 0.255 e. The van der Waals surface area contributed by atoms with Gasteiger partial charge in [-0.15, -0.1) is 0 Å². The van der Waals surface area contributed by atoms with Crippen LogP contribution in [0.15, 0.2) is 18.2 Å². The molecule has 0 saturated carbocycles. The molecule has 2 saturated heterocycles. The molecule has 3 unspecified atom stereocenters. The third-order valence-electron chi connectivity index (χ3n) is 7.33. The monoisotopic (exact) mass is 443 g/mol. The number of benzene rings is 1. The molecule has 4 rings (SSSR count). The lowest BCUT2D eigenvalue weighted by Gasteiger charge is -2.39. The van der Waals surface area contributed by atoms with Crippen molar-refractivity contribution in [2.24, 2.45) is 5.92 Å². The Morgan fingerprint density at radius 2 is 2.06 bits per heavy atom. The van der Waals surface area contributed by atoms with E-state index in [4.69, 9.17) is 9.47 Å². The minimum atomic E-state index is -0.685. The van der Waals surface area contributed by atoms with E-state index in [-0.39, 0.29) is 36.7 Å². The molecule has 8 nitrogen and oxygen atoms in total. The van der Waals surface area contributed by atoms with Crippen molar-refractivity contribution in [2.45, 2.75) is 57.6 Å². The first-order chi connectivity index (χ1) is 15.3. The fourth-order valence-corrected chi connectivity index (χ4v) is 4.98. The molecule has 1 spiro atoms. The van der Waals surface area contributed by atoms with Crippen LogP contribution in [0.5, 0.6) is 11.5 Å². The second-order valence-corrected chi connectivity index (χ2v) is 9.34. The van der Waals surface area contributed by atoms with E-state index in [1.165, 1.54) is 0 Å². The number of nitrogens with one attached hydrogen (secondary N) is 1. The van der Waals surface area contributed by atoms with Gasteiger partial charge in [0, 0.05) is 32.0 Å². The topological polar surface area (TPSA) is 88.2 Å². The predicted octanol–water partition coefficient (Wildman–Crippen LogP) is 2.22. The third kappa shape index (κ3) is 4.40. The number of amides is 3. The maximum atomic E-state index is 13.0. The molecule has 174 valence electrons. The van der Waals surface area contributed by atoms with Crippen LogP contribution in [-0.2, 0) is 9.59 Å². The molecule has 0 radical (unpaired) electrons. The van der Waals surface area contributed by atoms with Crippen molar-refractivity contribution in [1.82, 2.24) is 15.1 Å². The lowest BCUT2D eigenvalue weighted by atomic mass is 9.92. The molecule has 3 atom stereocenters. The van der Waals surface area contributed by atoms with Crippen LogP contribution in [0, 0.1) is 5.92 Å². The van der Waals surface area contributed by atoms with Crippen LogP contribution < -0.4 is 14.8 Å². The van der Waals surface area contributed by atoms with E-state index in [0.29, 0.717) is 48.9 Å². The summed E-state index contributed by atoms with van der Waals surface area (Å²) in [5.41, 5.74) is -0.257. The summed E-state index contributed by atoms with van der Waals surface area (Å²) in [6, 6.07) is 5.36. The van der Waals surface area contributed by atoms with Crippen molar-refractivity contribution in [2.75, 3.05) is 33.3 Å². The van der Waals surface area contributed by atoms with Crippen LogP contribution in [0.3, 0.4) is 0 Å². The van der Waals surface area contributed by atoms with Crippen molar-refractivity contribution >= 4 is 17.7 Å². The lowest BCUT2D eigenvalue weighted by molar-refractivity contribution is -0.143. The fourth-order valence-electron chi connectivity index (χ4n) is 4.98. The molecule has 3 aliphatic heterocycles. The molecule has 0 aliphatic carbocycles. The normalized spacial score (nSPS) is 28.3. The largest absolute Gasteiger partial charge is 0.497 e. The summed E-state index contributed by atoms with van der Waals surface area (Å²) < 4.78 is 11.6. The van der Waals surface area contributed by atoms with E-state index in [9.17, 15) is 14.4 Å². The van der Waals surface area contributed by atoms with Gasteiger partial charge in [-0.2, -0.15) is 0 Å². The highest BCUT2D eigenvalue weighted by Gasteiger charge is 2.41. The molecular weight excluding hydrogens is 410 g/mol. The van der Waals surface area contributed by atoms with E-state index >= 15 is 0 Å². The first-order valence-electron chi connectivity index (χ1n) is 11.5. The van der Waals surface area contributed by atoms with Crippen molar-refractivity contribution in [1.29, 1.82) is 0 Å². The van der Waals surface area contributed by atoms with Gasteiger partial charge >= 0.3 is 0 Å². The van der Waals surface area contributed by atoms with Gasteiger partial charge in [0.2, 0.25) is 11.8 Å². The van der Waals surface area contributed by atoms with Crippen LogP contribution in [0.25, 0.3) is 0 Å². The summed E-state index contributed by atoms with van der Waals surface area (Å²) in [5.74, 6) is 1.31. The zero-order chi connectivity index (χ0) is 22.9. The zero-order valence-electron chi connectivity index (χ0n) is 19.2. The highest BCUT2D eigenvalue weighted by molar-refractivity contribution is 5.97. The van der Waals surface area contributed by atoms with Crippen molar-refractivity contribution in [3.8, 4) is 11.5 Å². The fraction of sp³-hybridized carbons (Fsp3) is 0.625. The van der Waals surface area contributed by atoms with Gasteiger partial charge in [-0.1, -0.05) is 6.92 Å². The molecule has 1 aromatic carbocycles. The third-order valence-corrected chi connectivity index (χ3v) is 7.33. The molecular formula is C24H33N3O5. The average Bonchev–Trinajstić information content (AvgIpc) is 3.02. The van der Waals surface area contributed by atoms with Crippen LogP contribution >= 0.6 is 0 Å². The number of ether oxygens (including phenoxy) is 2. The van der Waals surface area contributed by atoms with Crippen LogP contribution in [-0.4, -0.2) is 72.5 Å². The number of carbonyl (C=O) groups excluding carboxylic acids is 3. The maximum absolute atomic E-state index is 13.0. The number of carbonyl (C=O) groups is 3. The zero-order valence-corrected chi connectivity index (χ0v) is 19.2. The Morgan fingerprint density at radius 3 is 2.84 bits per heavy atom. The number of hydrogen-bond acceptors (Lipinski definition) is 5. The minimum absolute atomic E-state index is 0.0147. The Kier molecular flexibility index (Phi) is 6.31. The summed E-state index contributed by atoms with van der Waals surface area (Å²) in [4.78, 5) is 42.1. The first-order valence-corrected chi connectivity index (χ1v) is 11.5. The van der Waals surface area contributed by atoms with E-state index in [1.54, 1.807) is 30.2 Å². The Bertz CT molecular complexity index is 904. The van der Waals surface area contributed by atoms with Gasteiger partial charge < -0.3 is 24.6 Å². The van der Waals surface area contributed by atoms with Crippen LogP contribution in [0.1, 0.15) is 56.3 Å². The van der Waals surface area contributed by atoms with Crippen LogP contribution in [0.4, 0.5) is 0 Å². The quantitative estimate of drug-likeness (QED) is 0.774. The van der Waals surface area contributed by atoms with Crippen LogP contribution in [0.2, 0.25) is 0 Å². The summed E-state index contributed by atoms with van der Waals surface area (Å²) in [5, 5.41) is 2.95. The Labute approximate surface area is 189 Å². The first kappa shape index (κ1) is 22.4. The van der Waals surface area contributed by atoms with Gasteiger partial charge in [-0.25, -0.2) is 0 Å². The molecule has 1 aromatic rings. The summed E-state index contributed by atoms with van der Waals surface area (Å²) in [7, 11) is 1.55. The Balaban J connectivity index is 1.47. The number of methoxy groups -OCH3 is 1. The minimum Gasteiger partial charge on any atom is -0.497 e. The molecule has 3 amide bonds. The van der Waals surface area contributed by atoms with Gasteiger partial charge in [0.1, 0.15) is 17.1 Å². The van der Waals surface area contributed by atoms with E-state index in [2.05, 4.69) is 19.2 Å². The molecule has 3 heterocycles. The van der Waals surface area contributed by atoms with Crippen molar-refractivity contribution < 1.29 is 23.9 Å². The number of rotatable bonds is 3. The van der Waals surface area contributed by atoms with Gasteiger partial charge in [0.05, 0.1) is 25.8 Å². The van der Waals surface area contributed by atoms with Crippen molar-refractivity contribution in [3.63, 3.8) is 0 Å². The second kappa shape index (κ2) is 9.00. The molecule has 1 N–H and O–H groups in total. The number of likely N-dealkylation sites (tertiary alicyclic amines) is 2. The van der Waals surface area contributed by atoms with Gasteiger partial charge in [0.25, 0.3) is 5.91 Å². The van der Waals surface area contributed by atoms with E-state index in [1.807, 2.05) is 4.90 Å². The molecule has 2 fully saturated rings. The summed E-state index contributed by atoms with van der Waals surface area (Å²) >= 11 is 0. The molecule has 0 bridgehead atoms. The van der Waals surface area contributed by atoms with E-state index < -0.39 is 5.60 Å². The van der Waals surface area contributed by atoms with Crippen molar-refractivity contribution in [3.05, 3.63) is 23.8 Å².